The van der Waals surface area contributed by atoms with E-state index in [1.54, 1.807) is 47.4 Å². The van der Waals surface area contributed by atoms with E-state index in [0.717, 1.165) is 0 Å². The number of nitrogens with zero attached hydrogens (tertiary/aromatic N) is 3. The summed E-state index contributed by atoms with van der Waals surface area (Å²) in [6.07, 6.45) is 0. The molecule has 1 unspecified atom stereocenters. The maximum Gasteiger partial charge on any atom is 0.321 e. The second-order valence-electron chi connectivity index (χ2n) is 7.43. The molecule has 1 atom stereocenters. The molecule has 0 aromatic heterocycles. The zero-order valence-corrected chi connectivity index (χ0v) is 19.0. The Kier molecular flexibility index (Phi) is 7.34. The Morgan fingerprint density at radius 3 is 2.50 bits per heavy atom. The predicted molar refractivity (Wildman–Crippen MR) is 125 cm³/mol. The lowest BCUT2D eigenvalue weighted by molar-refractivity contribution is 0.119. The SMILES string of the molecule is CC(C)C1CN(C(=O)Nc2ccc(Cl)cc2)CCN1C(N)=Nc1cccc(Cl)c1Cl. The van der Waals surface area contributed by atoms with Gasteiger partial charge in [0.05, 0.1) is 21.8 Å². The van der Waals surface area contributed by atoms with Gasteiger partial charge in [-0.1, -0.05) is 54.7 Å². The third-order valence-corrected chi connectivity index (χ3v) is 6.09. The number of urea groups is 1. The zero-order chi connectivity index (χ0) is 21.8. The van der Waals surface area contributed by atoms with Crippen molar-refractivity contribution in [2.75, 3.05) is 25.0 Å². The fourth-order valence-corrected chi connectivity index (χ4v) is 3.82. The second kappa shape index (κ2) is 9.77. The van der Waals surface area contributed by atoms with Crippen molar-refractivity contribution in [2.24, 2.45) is 16.6 Å². The second-order valence-corrected chi connectivity index (χ2v) is 8.65. The number of rotatable bonds is 3. The Morgan fingerprint density at radius 2 is 1.83 bits per heavy atom. The van der Waals surface area contributed by atoms with Gasteiger partial charge in [-0.25, -0.2) is 9.79 Å². The average Bonchev–Trinajstić information content (AvgIpc) is 2.72. The third kappa shape index (κ3) is 5.31. The molecule has 2 aromatic carbocycles. The van der Waals surface area contributed by atoms with Gasteiger partial charge in [0.15, 0.2) is 5.96 Å². The molecule has 0 bridgehead atoms. The van der Waals surface area contributed by atoms with Gasteiger partial charge < -0.3 is 20.9 Å². The summed E-state index contributed by atoms with van der Waals surface area (Å²) in [6, 6.07) is 12.1. The molecule has 30 heavy (non-hydrogen) atoms. The van der Waals surface area contributed by atoms with E-state index in [2.05, 4.69) is 24.2 Å². The fraction of sp³-hybridized carbons (Fsp3) is 0.333. The van der Waals surface area contributed by atoms with E-state index in [4.69, 9.17) is 40.5 Å². The van der Waals surface area contributed by atoms with Crippen molar-refractivity contribution >= 4 is 58.2 Å². The van der Waals surface area contributed by atoms with Crippen LogP contribution in [0.3, 0.4) is 0 Å². The van der Waals surface area contributed by atoms with Gasteiger partial charge in [0.1, 0.15) is 0 Å². The number of benzene rings is 2. The number of anilines is 1. The summed E-state index contributed by atoms with van der Waals surface area (Å²) in [5, 5.41) is 4.32. The summed E-state index contributed by atoms with van der Waals surface area (Å²) in [5.74, 6) is 0.607. The minimum Gasteiger partial charge on any atom is -0.369 e. The van der Waals surface area contributed by atoms with Crippen LogP contribution in [0.2, 0.25) is 15.1 Å². The molecular formula is C21H24Cl3N5O. The number of nitrogens with two attached hydrogens (primary N) is 1. The Morgan fingerprint density at radius 1 is 1.13 bits per heavy atom. The minimum atomic E-state index is -0.156. The van der Waals surface area contributed by atoms with Crippen molar-refractivity contribution in [3.63, 3.8) is 0 Å². The van der Waals surface area contributed by atoms with Crippen LogP contribution >= 0.6 is 34.8 Å². The maximum atomic E-state index is 12.7. The molecular weight excluding hydrogens is 445 g/mol. The van der Waals surface area contributed by atoms with E-state index < -0.39 is 0 Å². The number of piperazine rings is 1. The van der Waals surface area contributed by atoms with Crippen LogP contribution in [0.25, 0.3) is 0 Å². The number of amides is 2. The average molecular weight is 469 g/mol. The molecule has 0 spiro atoms. The number of guanidine groups is 1. The number of halogens is 3. The minimum absolute atomic E-state index is 0.0106. The number of hydrogen-bond donors (Lipinski definition) is 2. The first kappa shape index (κ1) is 22.5. The highest BCUT2D eigenvalue weighted by Crippen LogP contribution is 2.32. The summed E-state index contributed by atoms with van der Waals surface area (Å²) in [6.45, 7) is 5.79. The van der Waals surface area contributed by atoms with Crippen LogP contribution in [0.4, 0.5) is 16.2 Å². The van der Waals surface area contributed by atoms with Gasteiger partial charge in [-0.05, 0) is 42.3 Å². The highest BCUT2D eigenvalue weighted by molar-refractivity contribution is 6.43. The maximum absolute atomic E-state index is 12.7. The molecule has 9 heteroatoms. The van der Waals surface area contributed by atoms with Crippen molar-refractivity contribution in [3.05, 3.63) is 57.5 Å². The summed E-state index contributed by atoms with van der Waals surface area (Å²) < 4.78 is 0. The van der Waals surface area contributed by atoms with E-state index in [1.165, 1.54) is 0 Å². The lowest BCUT2D eigenvalue weighted by atomic mass is 10.00. The molecule has 1 aliphatic rings. The quantitative estimate of drug-likeness (QED) is 0.463. The predicted octanol–water partition coefficient (Wildman–Crippen LogP) is 5.47. The molecule has 160 valence electrons. The van der Waals surface area contributed by atoms with Gasteiger partial charge >= 0.3 is 6.03 Å². The van der Waals surface area contributed by atoms with Gasteiger partial charge in [-0.3, -0.25) is 0 Å². The highest BCUT2D eigenvalue weighted by atomic mass is 35.5. The van der Waals surface area contributed by atoms with Crippen LogP contribution < -0.4 is 11.1 Å². The molecule has 2 aromatic rings. The lowest BCUT2D eigenvalue weighted by Crippen LogP contribution is -2.60. The summed E-state index contributed by atoms with van der Waals surface area (Å²) in [4.78, 5) is 21.0. The van der Waals surface area contributed by atoms with E-state index in [9.17, 15) is 4.79 Å². The zero-order valence-electron chi connectivity index (χ0n) is 16.8. The molecule has 1 fully saturated rings. The Labute approximate surface area is 191 Å². The van der Waals surface area contributed by atoms with E-state index >= 15 is 0 Å². The van der Waals surface area contributed by atoms with Crippen molar-refractivity contribution in [2.45, 2.75) is 19.9 Å². The first-order chi connectivity index (χ1) is 14.3. The first-order valence-electron chi connectivity index (χ1n) is 9.62. The van der Waals surface area contributed by atoms with Gasteiger partial charge in [0.2, 0.25) is 0 Å². The summed E-state index contributed by atoms with van der Waals surface area (Å²) >= 11 is 18.2. The van der Waals surface area contributed by atoms with Crippen LogP contribution in [0.1, 0.15) is 13.8 Å². The highest BCUT2D eigenvalue weighted by Gasteiger charge is 2.32. The molecule has 1 saturated heterocycles. The van der Waals surface area contributed by atoms with Crippen LogP contribution in [-0.4, -0.2) is 47.5 Å². The molecule has 1 heterocycles. The smallest absolute Gasteiger partial charge is 0.321 e. The first-order valence-corrected chi connectivity index (χ1v) is 10.8. The number of aliphatic imine (C=N–C) groups is 1. The van der Waals surface area contributed by atoms with Gasteiger partial charge in [0.25, 0.3) is 0 Å². The molecule has 2 amide bonds. The lowest BCUT2D eigenvalue weighted by Gasteiger charge is -2.43. The number of carbonyl (C=O) groups excluding carboxylic acids is 1. The normalized spacial score (nSPS) is 17.4. The standard InChI is InChI=1S/C21H24Cl3N5O/c1-13(2)18-12-28(21(30)26-15-8-6-14(22)7-9-15)10-11-29(18)20(25)27-17-5-3-4-16(23)19(17)24/h3-9,13,18H,10-12H2,1-2H3,(H2,25,27)(H,26,30). The Bertz CT molecular complexity index is 933. The van der Waals surface area contributed by atoms with E-state index in [0.29, 0.717) is 52.0 Å². The molecule has 3 rings (SSSR count). The van der Waals surface area contributed by atoms with E-state index in [1.807, 2.05) is 4.90 Å². The number of hydrogen-bond acceptors (Lipinski definition) is 2. The van der Waals surface area contributed by atoms with Crippen LogP contribution in [0.15, 0.2) is 47.5 Å². The Hall–Kier alpha value is -2.15. The van der Waals surface area contributed by atoms with Crippen molar-refractivity contribution < 1.29 is 4.79 Å². The third-order valence-electron chi connectivity index (χ3n) is 5.03. The molecule has 0 aliphatic carbocycles. The number of carbonyl (C=O) groups is 1. The molecule has 0 radical (unpaired) electrons. The monoisotopic (exact) mass is 467 g/mol. The van der Waals surface area contributed by atoms with Crippen molar-refractivity contribution in [1.82, 2.24) is 9.80 Å². The molecule has 6 nitrogen and oxygen atoms in total. The molecule has 1 aliphatic heterocycles. The molecule has 3 N–H and O–H groups in total. The Balaban J connectivity index is 1.73. The van der Waals surface area contributed by atoms with Crippen LogP contribution in [-0.2, 0) is 0 Å². The van der Waals surface area contributed by atoms with Crippen LogP contribution in [0.5, 0.6) is 0 Å². The van der Waals surface area contributed by atoms with Gasteiger partial charge in [-0.15, -0.1) is 0 Å². The van der Waals surface area contributed by atoms with Crippen molar-refractivity contribution in [1.29, 1.82) is 0 Å². The largest absolute Gasteiger partial charge is 0.369 e. The van der Waals surface area contributed by atoms with E-state index in [-0.39, 0.29) is 18.0 Å². The number of nitrogens with one attached hydrogen (secondary N) is 1. The summed E-state index contributed by atoms with van der Waals surface area (Å²) in [7, 11) is 0. The van der Waals surface area contributed by atoms with Gasteiger partial charge in [-0.2, -0.15) is 0 Å². The van der Waals surface area contributed by atoms with Crippen molar-refractivity contribution in [3.8, 4) is 0 Å². The molecule has 0 saturated carbocycles. The van der Waals surface area contributed by atoms with Crippen LogP contribution in [0, 0.1) is 5.92 Å². The van der Waals surface area contributed by atoms with Gasteiger partial charge in [0, 0.05) is 30.3 Å². The fourth-order valence-electron chi connectivity index (χ4n) is 3.35. The summed E-state index contributed by atoms with van der Waals surface area (Å²) in [5.41, 5.74) is 7.55. The topological polar surface area (TPSA) is 74.0 Å².